The summed E-state index contributed by atoms with van der Waals surface area (Å²) in [7, 11) is 6.81. The first-order valence-corrected chi connectivity index (χ1v) is 14.5. The number of carboxylic acid groups (broad SMARTS) is 1. The standard InChI is InChI=1S/C12H16N2O3.C7H8O.C6H13NO.2C3H7NO.C2H4O/c1-8-3-5-9(6-4-8)14-12(17)10(13-2)7-11(15)16;1-6-2-4-7(8)5-3-6;1-5(2)6(4-8)7-3;2*1-4-2-3-5;1-2-3/h3-6,10,13H,7H2,1-2H3,(H,14,17)(H,15,16);2-5,8H,1H3;4-7H,1-3H3;2*3-4H,2H2,1H3;2H,1H3. The van der Waals surface area contributed by atoms with E-state index in [1.54, 1.807) is 52.5 Å². The van der Waals surface area contributed by atoms with Crippen molar-refractivity contribution in [2.24, 2.45) is 5.92 Å². The zero-order valence-electron chi connectivity index (χ0n) is 28.6. The molecule has 0 fully saturated rings. The molecule has 0 spiro atoms. The number of amides is 1. The van der Waals surface area contributed by atoms with E-state index in [1.807, 2.05) is 52.0 Å². The van der Waals surface area contributed by atoms with Crippen LogP contribution in [0, 0.1) is 19.8 Å². The van der Waals surface area contributed by atoms with Crippen LogP contribution >= 0.6 is 0 Å². The summed E-state index contributed by atoms with van der Waals surface area (Å²) in [4.78, 5) is 59.9. The average Bonchev–Trinajstić information content (AvgIpc) is 3.01. The van der Waals surface area contributed by atoms with Gasteiger partial charge in [-0.05, 0) is 79.1 Å². The van der Waals surface area contributed by atoms with Crippen LogP contribution in [0.4, 0.5) is 5.69 Å². The molecule has 0 saturated carbocycles. The molecule has 0 aliphatic carbocycles. The van der Waals surface area contributed by atoms with Gasteiger partial charge in [-0.15, -0.1) is 0 Å². The fourth-order valence-corrected chi connectivity index (χ4v) is 2.64. The minimum atomic E-state index is -1.01. The molecule has 2 aromatic carbocycles. The Hall–Kier alpha value is -4.30. The van der Waals surface area contributed by atoms with Gasteiger partial charge in [-0.25, -0.2) is 0 Å². The van der Waals surface area contributed by atoms with Gasteiger partial charge in [0.15, 0.2) is 0 Å². The summed E-state index contributed by atoms with van der Waals surface area (Å²) in [6, 6.07) is 13.7. The summed E-state index contributed by atoms with van der Waals surface area (Å²) in [5.74, 6) is -0.629. The highest BCUT2D eigenvalue weighted by molar-refractivity contribution is 5.96. The van der Waals surface area contributed by atoms with Crippen LogP contribution in [0.2, 0.25) is 0 Å². The molecule has 0 aliphatic heterocycles. The Balaban J connectivity index is -0.000000257. The molecule has 2 unspecified atom stereocenters. The number of phenols is 1. The lowest BCUT2D eigenvalue weighted by Crippen LogP contribution is -2.40. The van der Waals surface area contributed by atoms with Crippen molar-refractivity contribution in [2.75, 3.05) is 46.6 Å². The summed E-state index contributed by atoms with van der Waals surface area (Å²) >= 11 is 0. The molecule has 2 aromatic rings. The van der Waals surface area contributed by atoms with Gasteiger partial charge in [0.05, 0.1) is 31.6 Å². The lowest BCUT2D eigenvalue weighted by molar-refractivity contribution is -0.139. The largest absolute Gasteiger partial charge is 0.508 e. The Morgan fingerprint density at radius 2 is 1.17 bits per heavy atom. The van der Waals surface area contributed by atoms with Crippen molar-refractivity contribution in [1.82, 2.24) is 21.3 Å². The Kier molecular flexibility index (Phi) is 37.2. The second kappa shape index (κ2) is 35.2. The number of aryl methyl sites for hydroxylation is 2. The summed E-state index contributed by atoms with van der Waals surface area (Å²) < 4.78 is 0. The first kappa shape index (κ1) is 48.6. The normalized spacial score (nSPS) is 10.3. The smallest absolute Gasteiger partial charge is 0.305 e. The van der Waals surface area contributed by atoms with Crippen LogP contribution in [0.25, 0.3) is 0 Å². The summed E-state index contributed by atoms with van der Waals surface area (Å²) in [6.07, 6.45) is 3.08. The maximum Gasteiger partial charge on any atom is 0.305 e. The van der Waals surface area contributed by atoms with Gasteiger partial charge in [-0.3, -0.25) is 9.59 Å². The molecule has 1 amide bonds. The summed E-state index contributed by atoms with van der Waals surface area (Å²) in [5.41, 5.74) is 2.92. The number of benzene rings is 2. The predicted octanol–water partition coefficient (Wildman–Crippen LogP) is 2.14. The number of aromatic hydroxyl groups is 1. The number of rotatable bonds is 12. The van der Waals surface area contributed by atoms with E-state index in [9.17, 15) is 24.0 Å². The average molecular weight is 650 g/mol. The van der Waals surface area contributed by atoms with E-state index in [4.69, 9.17) is 15.0 Å². The Morgan fingerprint density at radius 1 is 0.761 bits per heavy atom. The summed E-state index contributed by atoms with van der Waals surface area (Å²) in [6.45, 7) is 10.3. The highest BCUT2D eigenvalue weighted by Gasteiger charge is 2.19. The van der Waals surface area contributed by atoms with Gasteiger partial charge in [0.2, 0.25) is 5.91 Å². The number of aliphatic carboxylic acids is 1. The van der Waals surface area contributed by atoms with Gasteiger partial charge in [0.1, 0.15) is 30.9 Å². The van der Waals surface area contributed by atoms with Crippen molar-refractivity contribution in [3.63, 3.8) is 0 Å². The van der Waals surface area contributed by atoms with Crippen LogP contribution in [0.3, 0.4) is 0 Å². The molecule has 0 aliphatic rings. The van der Waals surface area contributed by atoms with Crippen LogP contribution in [0.5, 0.6) is 5.75 Å². The van der Waals surface area contributed by atoms with Gasteiger partial charge in [-0.1, -0.05) is 49.2 Å². The van der Waals surface area contributed by atoms with Crippen molar-refractivity contribution in [1.29, 1.82) is 0 Å². The Bertz CT molecular complexity index is 1020. The van der Waals surface area contributed by atoms with Crippen LogP contribution in [-0.2, 0) is 28.8 Å². The molecular weight excluding hydrogens is 594 g/mol. The van der Waals surface area contributed by atoms with E-state index in [2.05, 4.69) is 26.6 Å². The second-order valence-electron chi connectivity index (χ2n) is 9.51. The number of carboxylic acids is 1. The van der Waals surface area contributed by atoms with E-state index >= 15 is 0 Å². The number of phenolic OH excluding ortho intramolecular Hbond substituents is 1. The first-order chi connectivity index (χ1) is 21.8. The van der Waals surface area contributed by atoms with Crippen molar-refractivity contribution in [3.05, 3.63) is 59.7 Å². The summed E-state index contributed by atoms with van der Waals surface area (Å²) in [5, 5.41) is 30.9. The van der Waals surface area contributed by atoms with Crippen LogP contribution in [0.15, 0.2) is 48.5 Å². The zero-order valence-corrected chi connectivity index (χ0v) is 28.6. The highest BCUT2D eigenvalue weighted by atomic mass is 16.4. The van der Waals surface area contributed by atoms with Crippen LogP contribution in [0.1, 0.15) is 38.3 Å². The third-order valence-corrected chi connectivity index (χ3v) is 5.17. The maximum absolute atomic E-state index is 11.7. The van der Waals surface area contributed by atoms with E-state index in [1.165, 1.54) is 12.5 Å². The van der Waals surface area contributed by atoms with E-state index in [-0.39, 0.29) is 18.4 Å². The fraction of sp³-hybridized carbons (Fsp3) is 0.455. The fourth-order valence-electron chi connectivity index (χ4n) is 2.64. The molecule has 0 aromatic heterocycles. The minimum Gasteiger partial charge on any atom is -0.508 e. The first-order valence-electron chi connectivity index (χ1n) is 14.5. The van der Waals surface area contributed by atoms with Gasteiger partial charge in [0.25, 0.3) is 0 Å². The molecule has 0 radical (unpaired) electrons. The minimum absolute atomic E-state index is 0.0231. The molecule has 7 N–H and O–H groups in total. The maximum atomic E-state index is 11.7. The molecule has 46 heavy (non-hydrogen) atoms. The second-order valence-corrected chi connectivity index (χ2v) is 9.51. The number of hydrogen-bond donors (Lipinski definition) is 7. The third-order valence-electron chi connectivity index (χ3n) is 5.17. The van der Waals surface area contributed by atoms with Crippen LogP contribution in [-0.4, -0.2) is 101 Å². The van der Waals surface area contributed by atoms with Crippen molar-refractivity contribution in [3.8, 4) is 5.75 Å². The SMILES string of the molecule is CC=O.CNC(C=O)C(C)C.CNC(CC(=O)O)C(=O)Nc1ccc(C)cc1.CNCC=O.CNCC=O.Cc1ccc(O)cc1. The molecule has 13 nitrogen and oxygen atoms in total. The lowest BCUT2D eigenvalue weighted by atomic mass is 10.1. The molecule has 2 rings (SSSR count). The number of aldehydes is 4. The van der Waals surface area contributed by atoms with Crippen LogP contribution < -0.4 is 26.6 Å². The monoisotopic (exact) mass is 649 g/mol. The zero-order chi connectivity index (χ0) is 36.3. The molecular formula is C33H55N5O8. The lowest BCUT2D eigenvalue weighted by Gasteiger charge is -2.14. The molecule has 260 valence electrons. The third kappa shape index (κ3) is 34.2. The van der Waals surface area contributed by atoms with Gasteiger partial charge in [0, 0.05) is 5.69 Å². The molecule has 0 heterocycles. The number of anilines is 1. The Morgan fingerprint density at radius 3 is 1.39 bits per heavy atom. The number of carbonyl (C=O) groups excluding carboxylic acids is 5. The number of carbonyl (C=O) groups is 6. The molecule has 0 saturated heterocycles. The highest BCUT2D eigenvalue weighted by Crippen LogP contribution is 2.09. The van der Waals surface area contributed by atoms with E-state index in [0.29, 0.717) is 30.4 Å². The number of nitrogens with one attached hydrogen (secondary N) is 5. The van der Waals surface area contributed by atoms with Gasteiger partial charge < -0.3 is 56.0 Å². The Labute approximate surface area is 273 Å². The predicted molar refractivity (Wildman–Crippen MR) is 183 cm³/mol. The molecule has 13 heteroatoms. The number of hydrogen-bond acceptors (Lipinski definition) is 11. The van der Waals surface area contributed by atoms with E-state index in [0.717, 1.165) is 30.7 Å². The topological polar surface area (TPSA) is 203 Å². The molecule has 0 bridgehead atoms. The number of likely N-dealkylation sites (N-methyl/N-ethyl adjacent to an activating group) is 4. The van der Waals surface area contributed by atoms with Crippen molar-refractivity contribution < 1.29 is 39.0 Å². The van der Waals surface area contributed by atoms with E-state index < -0.39 is 12.0 Å². The quantitative estimate of drug-likeness (QED) is 0.165. The van der Waals surface area contributed by atoms with Gasteiger partial charge >= 0.3 is 5.97 Å². The van der Waals surface area contributed by atoms with Crippen molar-refractivity contribution in [2.45, 2.75) is 53.1 Å². The van der Waals surface area contributed by atoms with Crippen molar-refractivity contribution >= 4 is 42.7 Å². The molecule has 2 atom stereocenters. The van der Waals surface area contributed by atoms with Gasteiger partial charge in [-0.2, -0.15) is 0 Å².